The van der Waals surface area contributed by atoms with E-state index in [1.807, 2.05) is 91.2 Å². The minimum Gasteiger partial charge on any atom is -0.465 e. The van der Waals surface area contributed by atoms with Gasteiger partial charge in [-0.05, 0) is 191 Å². The highest BCUT2D eigenvalue weighted by Gasteiger charge is 2.28. The van der Waals surface area contributed by atoms with Gasteiger partial charge >= 0.3 is 36.6 Å². The molecule has 8 amide bonds. The number of furan rings is 1. The highest BCUT2D eigenvalue weighted by molar-refractivity contribution is 7.81. The van der Waals surface area contributed by atoms with E-state index in [4.69, 9.17) is 65.1 Å². The number of aliphatic imine (C=N–C) groups is 1. The van der Waals surface area contributed by atoms with Gasteiger partial charge in [0.25, 0.3) is 0 Å². The molecule has 568 valence electrons. The Morgan fingerprint density at radius 2 is 1.17 bits per heavy atom. The second-order valence-corrected chi connectivity index (χ2v) is 25.5. The first-order valence-electron chi connectivity index (χ1n) is 33.0. The highest BCUT2D eigenvalue weighted by atomic mass is 32.1. The van der Waals surface area contributed by atoms with Crippen molar-refractivity contribution in [2.45, 2.75) is 126 Å². The zero-order valence-corrected chi connectivity index (χ0v) is 64.2. The Morgan fingerprint density at radius 3 is 1.67 bits per heavy atom. The predicted octanol–water partition coefficient (Wildman–Crippen LogP) is 13.0. The molecule has 6 aromatic rings. The summed E-state index contributed by atoms with van der Waals surface area (Å²) in [4.78, 5) is 103. The van der Waals surface area contributed by atoms with Gasteiger partial charge in [0.1, 0.15) is 28.7 Å². The van der Waals surface area contributed by atoms with Crippen molar-refractivity contribution in [3.8, 4) is 0 Å². The van der Waals surface area contributed by atoms with Crippen LogP contribution in [0.1, 0.15) is 123 Å². The summed E-state index contributed by atoms with van der Waals surface area (Å²) in [7, 11) is 5.28. The molecule has 0 bridgehead atoms. The van der Waals surface area contributed by atoms with Crippen molar-refractivity contribution in [3.05, 3.63) is 137 Å². The number of benzene rings is 4. The van der Waals surface area contributed by atoms with Gasteiger partial charge in [-0.15, -0.1) is 11.3 Å². The summed E-state index contributed by atoms with van der Waals surface area (Å²) in [5.74, 6) is -0.563. The molecule has 2 aromatic heterocycles. The molecule has 104 heavy (non-hydrogen) atoms. The lowest BCUT2D eigenvalue weighted by Gasteiger charge is -2.24. The van der Waals surface area contributed by atoms with Crippen molar-refractivity contribution in [3.63, 3.8) is 0 Å². The SMILES string of the molecule is CC(C)[C@H](NC(=O)O)C(=O)N[C@H](C)c1nc2ccc(F)cc2s1.CCCOC(=O)NCCCN(C)C.CCOC(=O)NC(=S)Nc1ccccc1NC(=S)NC(=O)OCC.COC(=O)NC(=S)Nc1ccccc1N=Cc1ccco1.Cc1ccc([C@H](C)NC(=O)C(NC(=O)OC(C)C)C(C)C)cc1. The number of alkyl carbamates (subject to hydrolysis) is 5. The normalized spacial score (nSPS) is 11.6. The van der Waals surface area contributed by atoms with Gasteiger partial charge in [0.15, 0.2) is 15.3 Å². The first kappa shape index (κ1) is 89.9. The van der Waals surface area contributed by atoms with E-state index < -0.39 is 54.5 Å². The first-order valence-corrected chi connectivity index (χ1v) is 35.0. The fraction of sp³-hybridized carbons (Fsp3) is 0.414. The van der Waals surface area contributed by atoms with E-state index in [1.54, 1.807) is 109 Å². The Bertz CT molecular complexity index is 3680. The molecule has 0 aliphatic carbocycles. The largest absolute Gasteiger partial charge is 0.465 e. The monoisotopic (exact) mass is 1520 g/mol. The zero-order valence-electron chi connectivity index (χ0n) is 61.0. The number of ether oxygens (including phenoxy) is 5. The van der Waals surface area contributed by atoms with Gasteiger partial charge in [-0.2, -0.15) is 0 Å². The summed E-state index contributed by atoms with van der Waals surface area (Å²) in [5, 5.41) is 38.6. The number of anilines is 3. The molecule has 0 saturated heterocycles. The standard InChI is InChI=1S/C18H28N2O3.C15H18FN3O3S.C14H18N4O4S2.C14H13N3O3S.C9H20N2O2/c1-11(2)16(20-18(22)23-12(3)4)17(21)19-14(6)15-9-7-13(5)8-10-15;1-7(2)12(19-15(21)22)13(20)17-8(3)14-18-10-5-4-9(16)6-11(10)23-14;1-3-21-13(19)17-11(23)15-9-7-5-6-8-10(9)16-12(24)18-14(20)22-4-2;1-19-14(18)17-13(21)16-12-7-3-2-6-11(12)15-9-10-5-4-8-20-10;1-4-8-13-9(12)10-6-5-7-11(2)3/h7-12,14,16H,1-6H3,(H,19,21)(H,20,22);4-8,12,19H,1-3H3,(H,17,20)(H,21,22);5-8H,3-4H2,1-2H3,(H2,15,17,19,23)(H2,16,18,20,24);2-9H,1H3,(H2,16,17,18,21);4-8H2,1-3H3,(H,10,12)/t14-,16?;8-,12+;;;/m01.../s1. The number of nitrogens with zero attached hydrogens (tertiary/aromatic N) is 3. The molecule has 0 fully saturated rings. The number of hydrogen-bond acceptors (Lipinski definition) is 21. The number of methoxy groups -OCH3 is 1. The van der Waals surface area contributed by atoms with Gasteiger partial charge < -0.3 is 80.6 Å². The molecule has 12 N–H and O–H groups in total. The zero-order chi connectivity index (χ0) is 77.8. The molecule has 1 unspecified atom stereocenters. The van der Waals surface area contributed by atoms with Crippen molar-refractivity contribution in [2.75, 3.05) is 70.1 Å². The van der Waals surface area contributed by atoms with E-state index in [-0.39, 0.29) is 70.4 Å². The van der Waals surface area contributed by atoms with Crippen LogP contribution in [0.15, 0.2) is 119 Å². The number of para-hydroxylation sites is 4. The summed E-state index contributed by atoms with van der Waals surface area (Å²) in [5.41, 5.74) is 5.27. The van der Waals surface area contributed by atoms with Crippen LogP contribution in [-0.4, -0.2) is 157 Å². The first-order chi connectivity index (χ1) is 49.3. The molecule has 4 aromatic carbocycles. The van der Waals surface area contributed by atoms with Gasteiger partial charge in [0, 0.05) is 6.54 Å². The maximum absolute atomic E-state index is 13.2. The van der Waals surface area contributed by atoms with Crippen LogP contribution in [0.4, 0.5) is 55.9 Å². The number of nitrogens with one attached hydrogen (secondary N) is 11. The number of aromatic nitrogens is 1. The van der Waals surface area contributed by atoms with Gasteiger partial charge in [-0.25, -0.2) is 38.1 Å². The van der Waals surface area contributed by atoms with Crippen molar-refractivity contribution in [1.29, 1.82) is 0 Å². The van der Waals surface area contributed by atoms with Gasteiger partial charge in [0.2, 0.25) is 11.8 Å². The lowest BCUT2D eigenvalue weighted by molar-refractivity contribution is -0.125. The topological polar surface area (TPSA) is 377 Å². The molecule has 2 heterocycles. The van der Waals surface area contributed by atoms with Crippen LogP contribution in [0.3, 0.4) is 0 Å². The van der Waals surface area contributed by atoms with Crippen LogP contribution in [0.2, 0.25) is 0 Å². The van der Waals surface area contributed by atoms with E-state index >= 15 is 0 Å². The summed E-state index contributed by atoms with van der Waals surface area (Å²) in [6, 6.07) is 28.1. The smallest absolute Gasteiger partial charge is 0.413 e. The number of rotatable bonds is 24. The van der Waals surface area contributed by atoms with Crippen molar-refractivity contribution >= 4 is 151 Å². The summed E-state index contributed by atoms with van der Waals surface area (Å²) < 4.78 is 42.9. The fourth-order valence-corrected chi connectivity index (χ4v) is 9.71. The van der Waals surface area contributed by atoms with Crippen LogP contribution in [-0.2, 0) is 33.3 Å². The number of thiocarbonyl (C=S) groups is 3. The molecule has 0 aliphatic heterocycles. The van der Waals surface area contributed by atoms with Crippen molar-refractivity contribution in [2.24, 2.45) is 16.8 Å². The number of aryl methyl sites for hydroxylation is 1. The number of amides is 8. The summed E-state index contributed by atoms with van der Waals surface area (Å²) >= 11 is 16.4. The van der Waals surface area contributed by atoms with E-state index in [2.05, 4.69) is 78.1 Å². The van der Waals surface area contributed by atoms with Gasteiger partial charge in [0.05, 0.1) is 90.6 Å². The Labute approximate surface area is 626 Å². The van der Waals surface area contributed by atoms with Crippen molar-refractivity contribution < 1.29 is 76.0 Å². The molecule has 0 aliphatic rings. The molecular weight excluding hydrogens is 1420 g/mol. The second kappa shape index (κ2) is 49.4. The minimum absolute atomic E-state index is 0.0417. The number of hydrogen-bond donors (Lipinski definition) is 12. The fourth-order valence-electron chi connectivity index (χ4n) is 8.13. The molecular formula is C70H97FN14O15S4. The number of thiazole rings is 1. The van der Waals surface area contributed by atoms with Crippen LogP contribution in [0.25, 0.3) is 10.2 Å². The number of fused-ring (bicyclic) bond motifs is 1. The Kier molecular flexibility index (Phi) is 42.8. The third kappa shape index (κ3) is 37.7. The molecule has 0 spiro atoms. The third-order valence-corrected chi connectivity index (χ3v) is 15.0. The predicted molar refractivity (Wildman–Crippen MR) is 413 cm³/mol. The molecule has 29 nitrogen and oxygen atoms in total. The number of carbonyl (C=O) groups excluding carboxylic acids is 7. The number of carbonyl (C=O) groups is 8. The Balaban J connectivity index is 0.000000447. The number of carboxylic acid groups (broad SMARTS) is 1. The average molecular weight is 1520 g/mol. The third-order valence-electron chi connectivity index (χ3n) is 13.1. The molecule has 0 saturated carbocycles. The van der Waals surface area contributed by atoms with E-state index in [0.29, 0.717) is 56.9 Å². The van der Waals surface area contributed by atoms with Crippen LogP contribution in [0, 0.1) is 24.6 Å². The maximum Gasteiger partial charge on any atom is 0.413 e. The molecule has 6 rings (SSSR count). The average Bonchev–Trinajstić information content (AvgIpc) is 1.66. The molecule has 34 heteroatoms. The van der Waals surface area contributed by atoms with Gasteiger partial charge in [-0.1, -0.05) is 88.7 Å². The Morgan fingerprint density at radius 1 is 0.644 bits per heavy atom. The van der Waals surface area contributed by atoms with Crippen molar-refractivity contribution in [1.82, 2.24) is 52.4 Å². The summed E-state index contributed by atoms with van der Waals surface area (Å²) in [6.45, 7) is 24.5. The van der Waals surface area contributed by atoms with Crippen LogP contribution >= 0.6 is 48.0 Å². The minimum atomic E-state index is -1.25. The van der Waals surface area contributed by atoms with E-state index in [9.17, 15) is 42.7 Å². The quantitative estimate of drug-likeness (QED) is 0.0116. The number of halogens is 1. The highest BCUT2D eigenvalue weighted by Crippen LogP contribution is 2.28. The lowest BCUT2D eigenvalue weighted by atomic mass is 10.0. The summed E-state index contributed by atoms with van der Waals surface area (Å²) in [6.07, 6.45) is 0.693. The van der Waals surface area contributed by atoms with Crippen LogP contribution in [0.5, 0.6) is 0 Å². The van der Waals surface area contributed by atoms with E-state index in [1.165, 1.54) is 36.1 Å². The van der Waals surface area contributed by atoms with Gasteiger partial charge in [-0.3, -0.25) is 30.5 Å². The van der Waals surface area contributed by atoms with E-state index in [0.717, 1.165) is 24.9 Å². The van der Waals surface area contributed by atoms with Crippen LogP contribution < -0.4 is 58.5 Å². The molecule has 4 atom stereocenters. The molecule has 0 radical (unpaired) electrons. The lowest BCUT2D eigenvalue weighted by Crippen LogP contribution is -2.50. The Hall–Kier alpha value is -10.2. The maximum atomic E-state index is 13.2. The second-order valence-electron chi connectivity index (χ2n) is 23.3.